The summed E-state index contributed by atoms with van der Waals surface area (Å²) in [6.07, 6.45) is 0. The van der Waals surface area contributed by atoms with Crippen molar-refractivity contribution < 1.29 is 8.78 Å². The summed E-state index contributed by atoms with van der Waals surface area (Å²) in [5, 5.41) is 6.93. The van der Waals surface area contributed by atoms with E-state index < -0.39 is 0 Å². The van der Waals surface area contributed by atoms with Gasteiger partial charge in [0, 0.05) is 55.1 Å². The molecule has 0 aliphatic heterocycles. The van der Waals surface area contributed by atoms with Crippen molar-refractivity contribution in [3.05, 3.63) is 230 Å². The predicted molar refractivity (Wildman–Crippen MR) is 260 cm³/mol. The second kappa shape index (κ2) is 14.0. The molecule has 9 aromatic carbocycles. The number of rotatable bonds is 6. The van der Waals surface area contributed by atoms with Crippen LogP contribution in [0.4, 0.5) is 8.78 Å². The van der Waals surface area contributed by atoms with E-state index in [1.165, 1.54) is 45.8 Å². The first-order chi connectivity index (χ1) is 31.6. The molecule has 0 atom stereocenters. The van der Waals surface area contributed by atoms with Gasteiger partial charge in [0.25, 0.3) is 0 Å². The zero-order valence-corrected chi connectivity index (χ0v) is 34.3. The Hall–Kier alpha value is -8.48. The molecule has 0 amide bonds. The number of halogens is 2. The Kier molecular flexibility index (Phi) is 7.93. The molecule has 302 valence electrons. The van der Waals surface area contributed by atoms with Crippen LogP contribution >= 0.6 is 0 Å². The van der Waals surface area contributed by atoms with E-state index in [1.54, 1.807) is 0 Å². The average Bonchev–Trinajstić information content (AvgIpc) is 4.09. The fourth-order valence-corrected chi connectivity index (χ4v) is 10.0. The van der Waals surface area contributed by atoms with Gasteiger partial charge in [-0.15, -0.1) is 0 Å². The van der Waals surface area contributed by atoms with Gasteiger partial charge in [-0.25, -0.2) is 8.78 Å². The van der Waals surface area contributed by atoms with E-state index >= 15 is 0 Å². The molecule has 0 bridgehead atoms. The Morgan fingerprint density at radius 3 is 0.844 bits per heavy atom. The van der Waals surface area contributed by atoms with Crippen LogP contribution in [0, 0.1) is 11.6 Å². The van der Waals surface area contributed by atoms with Gasteiger partial charge in [-0.2, -0.15) is 0 Å². The molecule has 64 heavy (non-hydrogen) atoms. The minimum atomic E-state index is -0.279. The van der Waals surface area contributed by atoms with Crippen molar-refractivity contribution >= 4 is 65.4 Å². The summed E-state index contributed by atoms with van der Waals surface area (Å²) in [4.78, 5) is 0. The minimum absolute atomic E-state index is 0.279. The quantitative estimate of drug-likeness (QED) is 0.159. The van der Waals surface area contributed by atoms with Gasteiger partial charge in [-0.3, -0.25) is 0 Å². The number of aromatic nitrogens is 4. The highest BCUT2D eigenvalue weighted by atomic mass is 19.1. The highest BCUT2D eigenvalue weighted by molar-refractivity contribution is 6.10. The van der Waals surface area contributed by atoms with E-state index in [0.29, 0.717) is 0 Å². The Labute approximate surface area is 366 Å². The number of fused-ring (bicyclic) bond motifs is 8. The molecule has 0 saturated carbocycles. The van der Waals surface area contributed by atoms with Crippen LogP contribution in [0.1, 0.15) is 0 Å². The Bertz CT molecular complexity index is 3570. The highest BCUT2D eigenvalue weighted by Crippen LogP contribution is 2.40. The standard InChI is InChI=1S/C58H36F2N4/c59-41-21-17-37(18-22-41)55-33-39-36-58-40(35-57(39)63(55)45-29-25-43(26-30-45)61-51-13-5-1-9-47(51)48-10-2-6-14-52(48)61)34-56(38-19-23-42(60)24-20-38)64(58)46-31-27-44(28-32-46)62-53-15-7-3-11-49(53)50-12-4-8-16-54(50)62/h1-36H. The van der Waals surface area contributed by atoms with Gasteiger partial charge >= 0.3 is 0 Å². The molecule has 0 aliphatic carbocycles. The van der Waals surface area contributed by atoms with Crippen molar-refractivity contribution in [2.24, 2.45) is 0 Å². The first kappa shape index (κ1) is 36.2. The zero-order valence-electron chi connectivity index (χ0n) is 34.3. The Morgan fingerprint density at radius 1 is 0.250 bits per heavy atom. The monoisotopic (exact) mass is 826 g/mol. The number of benzene rings is 9. The molecule has 0 saturated heterocycles. The average molecular weight is 827 g/mol. The lowest BCUT2D eigenvalue weighted by Crippen LogP contribution is -1.99. The minimum Gasteiger partial charge on any atom is -0.309 e. The van der Waals surface area contributed by atoms with Crippen LogP contribution < -0.4 is 0 Å². The Morgan fingerprint density at radius 2 is 0.531 bits per heavy atom. The SMILES string of the molecule is Fc1ccc(-c2cc3cc4c(cc(-c5ccc(F)cc5)n4-c4ccc(-n5c6ccccc6c6ccccc65)cc4)cc3n2-c2ccc(-n3c4ccccc4c4ccccc43)cc2)cc1. The first-order valence-corrected chi connectivity index (χ1v) is 21.5. The maximum Gasteiger partial charge on any atom is 0.123 e. The van der Waals surface area contributed by atoms with Crippen LogP contribution in [-0.2, 0) is 0 Å². The van der Waals surface area contributed by atoms with E-state index in [2.05, 4.69) is 188 Å². The van der Waals surface area contributed by atoms with E-state index in [1.807, 2.05) is 24.3 Å². The molecule has 13 rings (SSSR count). The van der Waals surface area contributed by atoms with Gasteiger partial charge in [0.1, 0.15) is 11.6 Å². The van der Waals surface area contributed by atoms with E-state index in [4.69, 9.17) is 0 Å². The molecular formula is C58H36F2N4. The molecule has 13 aromatic rings. The number of hydrogen-bond donors (Lipinski definition) is 0. The smallest absolute Gasteiger partial charge is 0.123 e. The van der Waals surface area contributed by atoms with E-state index in [-0.39, 0.29) is 11.6 Å². The van der Waals surface area contributed by atoms with Crippen LogP contribution in [-0.4, -0.2) is 18.3 Å². The third kappa shape index (κ3) is 5.52. The van der Waals surface area contributed by atoms with Crippen LogP contribution in [0.3, 0.4) is 0 Å². The van der Waals surface area contributed by atoms with Crippen molar-refractivity contribution in [1.29, 1.82) is 0 Å². The largest absolute Gasteiger partial charge is 0.309 e. The molecule has 4 heterocycles. The fraction of sp³-hybridized carbons (Fsp3) is 0. The Balaban J connectivity index is 0.997. The van der Waals surface area contributed by atoms with Crippen molar-refractivity contribution in [2.45, 2.75) is 0 Å². The van der Waals surface area contributed by atoms with Gasteiger partial charge in [0.15, 0.2) is 0 Å². The lowest BCUT2D eigenvalue weighted by molar-refractivity contribution is 0.627. The first-order valence-electron chi connectivity index (χ1n) is 21.5. The molecule has 0 N–H and O–H groups in total. The van der Waals surface area contributed by atoms with Crippen molar-refractivity contribution in [3.8, 4) is 45.3 Å². The van der Waals surface area contributed by atoms with Gasteiger partial charge in [-0.1, -0.05) is 72.8 Å². The summed E-state index contributed by atoms with van der Waals surface area (Å²) < 4.78 is 38.0. The fourth-order valence-electron chi connectivity index (χ4n) is 10.0. The summed E-state index contributed by atoms with van der Waals surface area (Å²) in [6.45, 7) is 0. The van der Waals surface area contributed by atoms with Crippen molar-refractivity contribution in [1.82, 2.24) is 18.3 Å². The molecular weight excluding hydrogens is 791 g/mol. The second-order valence-corrected chi connectivity index (χ2v) is 16.5. The topological polar surface area (TPSA) is 19.7 Å². The lowest BCUT2D eigenvalue weighted by atomic mass is 10.1. The third-order valence-electron chi connectivity index (χ3n) is 12.9. The second-order valence-electron chi connectivity index (χ2n) is 16.5. The zero-order chi connectivity index (χ0) is 42.5. The van der Waals surface area contributed by atoms with Crippen LogP contribution in [0.5, 0.6) is 0 Å². The summed E-state index contributed by atoms with van der Waals surface area (Å²) in [5.41, 5.74) is 14.5. The molecule has 4 nitrogen and oxygen atoms in total. The maximum atomic E-state index is 14.4. The van der Waals surface area contributed by atoms with Gasteiger partial charge in [0.05, 0.1) is 44.5 Å². The highest BCUT2D eigenvalue weighted by Gasteiger charge is 2.20. The van der Waals surface area contributed by atoms with Crippen LogP contribution in [0.15, 0.2) is 218 Å². The summed E-state index contributed by atoms with van der Waals surface area (Å²) >= 11 is 0. The molecule has 4 aromatic heterocycles. The number of hydrogen-bond acceptors (Lipinski definition) is 0. The van der Waals surface area contributed by atoms with E-state index in [0.717, 1.165) is 89.1 Å². The normalized spacial score (nSPS) is 11.9. The van der Waals surface area contributed by atoms with Crippen molar-refractivity contribution in [2.75, 3.05) is 0 Å². The molecule has 6 heteroatoms. The molecule has 0 spiro atoms. The summed E-state index contributed by atoms with van der Waals surface area (Å²) in [5.74, 6) is -0.557. The van der Waals surface area contributed by atoms with E-state index in [9.17, 15) is 8.78 Å². The predicted octanol–water partition coefficient (Wildman–Crippen LogP) is 15.4. The van der Waals surface area contributed by atoms with Crippen LogP contribution in [0.2, 0.25) is 0 Å². The van der Waals surface area contributed by atoms with Crippen LogP contribution in [0.25, 0.3) is 111 Å². The summed E-state index contributed by atoms with van der Waals surface area (Å²) in [6, 6.07) is 73.9. The van der Waals surface area contributed by atoms with Crippen molar-refractivity contribution in [3.63, 3.8) is 0 Å². The maximum absolute atomic E-state index is 14.4. The molecule has 0 fully saturated rings. The lowest BCUT2D eigenvalue weighted by Gasteiger charge is -2.14. The molecule has 0 aliphatic rings. The summed E-state index contributed by atoms with van der Waals surface area (Å²) in [7, 11) is 0. The number of para-hydroxylation sites is 4. The van der Waals surface area contributed by atoms with Gasteiger partial charge in [0.2, 0.25) is 0 Å². The molecule has 0 unspecified atom stereocenters. The van der Waals surface area contributed by atoms with Gasteiger partial charge < -0.3 is 18.3 Å². The number of nitrogens with zero attached hydrogens (tertiary/aromatic N) is 4. The molecule has 0 radical (unpaired) electrons. The third-order valence-corrected chi connectivity index (χ3v) is 12.9. The van der Waals surface area contributed by atoms with Gasteiger partial charge in [-0.05, 0) is 157 Å².